The molecule has 0 amide bonds. The van der Waals surface area contributed by atoms with Crippen molar-refractivity contribution < 1.29 is 0 Å². The van der Waals surface area contributed by atoms with Crippen LogP contribution >= 0.6 is 0 Å². The van der Waals surface area contributed by atoms with Crippen molar-refractivity contribution in [2.24, 2.45) is 0 Å². The van der Waals surface area contributed by atoms with Crippen molar-refractivity contribution in [1.29, 1.82) is 0 Å². The van der Waals surface area contributed by atoms with E-state index in [0.717, 1.165) is 5.92 Å². The molecular weight excluding hydrogens is 316 g/mol. The monoisotopic (exact) mass is 348 g/mol. The van der Waals surface area contributed by atoms with Crippen molar-refractivity contribution in [2.75, 3.05) is 33.2 Å². The Kier molecular flexibility index (Phi) is 5.42. The van der Waals surface area contributed by atoms with Crippen LogP contribution in [-0.4, -0.2) is 43.0 Å². The molecule has 4 rings (SSSR count). The van der Waals surface area contributed by atoms with Crippen molar-refractivity contribution in [3.05, 3.63) is 59.7 Å². The van der Waals surface area contributed by atoms with Crippen LogP contribution in [-0.2, 0) is 0 Å². The van der Waals surface area contributed by atoms with E-state index in [1.165, 1.54) is 74.1 Å². The second-order valence-corrected chi connectivity index (χ2v) is 8.24. The highest BCUT2D eigenvalue weighted by Crippen LogP contribution is 2.30. The molecule has 0 aromatic heterocycles. The molecule has 1 atom stereocenters. The lowest BCUT2D eigenvalue weighted by Crippen LogP contribution is -2.29. The average Bonchev–Trinajstić information content (AvgIpc) is 3.23. The van der Waals surface area contributed by atoms with Gasteiger partial charge in [-0.15, -0.1) is 0 Å². The summed E-state index contributed by atoms with van der Waals surface area (Å²) in [7, 11) is 2.23. The molecule has 0 saturated carbocycles. The van der Waals surface area contributed by atoms with E-state index >= 15 is 0 Å². The van der Waals surface area contributed by atoms with Crippen LogP contribution < -0.4 is 0 Å². The van der Waals surface area contributed by atoms with E-state index in [0.29, 0.717) is 6.04 Å². The Bertz CT molecular complexity index is 690. The Morgan fingerprint density at radius 2 is 1.31 bits per heavy atom. The maximum atomic E-state index is 2.60. The molecule has 0 bridgehead atoms. The van der Waals surface area contributed by atoms with Gasteiger partial charge in [0.15, 0.2) is 0 Å². The summed E-state index contributed by atoms with van der Waals surface area (Å²) in [5, 5.41) is 0. The van der Waals surface area contributed by atoms with E-state index in [9.17, 15) is 0 Å². The van der Waals surface area contributed by atoms with Crippen LogP contribution in [0.2, 0.25) is 0 Å². The highest BCUT2D eigenvalue weighted by atomic mass is 15.2. The molecular formula is C24H32N2. The van der Waals surface area contributed by atoms with Crippen LogP contribution in [0.1, 0.15) is 55.7 Å². The molecule has 26 heavy (non-hydrogen) atoms. The summed E-state index contributed by atoms with van der Waals surface area (Å²) in [5.74, 6) is 0.740. The number of rotatable bonds is 4. The molecule has 0 spiro atoms. The van der Waals surface area contributed by atoms with E-state index in [-0.39, 0.29) is 0 Å². The van der Waals surface area contributed by atoms with Gasteiger partial charge in [-0.3, -0.25) is 4.90 Å². The standard InChI is InChI=1S/C24H32N2/c1-19(26-15-3-4-16-26)20-5-7-21(8-6-20)22-9-11-23(12-10-22)24-13-17-25(2)18-14-24/h5-12,19,24H,3-4,13-18H2,1-2H3. The van der Waals surface area contributed by atoms with E-state index in [4.69, 9.17) is 0 Å². The first kappa shape index (κ1) is 17.8. The number of hydrogen-bond acceptors (Lipinski definition) is 2. The Morgan fingerprint density at radius 1 is 0.769 bits per heavy atom. The van der Waals surface area contributed by atoms with Crippen molar-refractivity contribution >= 4 is 0 Å². The predicted octanol–water partition coefficient (Wildman–Crippen LogP) is 5.32. The minimum atomic E-state index is 0.540. The van der Waals surface area contributed by atoms with Crippen molar-refractivity contribution in [3.63, 3.8) is 0 Å². The van der Waals surface area contributed by atoms with E-state index in [2.05, 4.69) is 72.3 Å². The Labute approximate surface area is 158 Å². The summed E-state index contributed by atoms with van der Waals surface area (Å²) in [5.41, 5.74) is 5.62. The summed E-state index contributed by atoms with van der Waals surface area (Å²) in [6.07, 6.45) is 5.29. The molecule has 0 aliphatic carbocycles. The quantitative estimate of drug-likeness (QED) is 0.738. The summed E-state index contributed by atoms with van der Waals surface area (Å²) < 4.78 is 0. The van der Waals surface area contributed by atoms with E-state index < -0.39 is 0 Å². The lowest BCUT2D eigenvalue weighted by atomic mass is 9.88. The molecule has 2 aromatic carbocycles. The van der Waals surface area contributed by atoms with Crippen LogP contribution in [0, 0.1) is 0 Å². The fourth-order valence-electron chi connectivity index (χ4n) is 4.58. The van der Waals surface area contributed by atoms with Gasteiger partial charge in [-0.1, -0.05) is 48.5 Å². The second-order valence-electron chi connectivity index (χ2n) is 8.24. The first-order valence-electron chi connectivity index (χ1n) is 10.3. The summed E-state index contributed by atoms with van der Waals surface area (Å²) >= 11 is 0. The molecule has 1 unspecified atom stereocenters. The molecule has 0 radical (unpaired) electrons. The molecule has 2 heterocycles. The lowest BCUT2D eigenvalue weighted by molar-refractivity contribution is 0.255. The minimum absolute atomic E-state index is 0.540. The highest BCUT2D eigenvalue weighted by molar-refractivity contribution is 5.64. The number of likely N-dealkylation sites (tertiary alicyclic amines) is 2. The van der Waals surface area contributed by atoms with E-state index in [1.807, 2.05) is 0 Å². The molecule has 2 heteroatoms. The fourth-order valence-corrected chi connectivity index (χ4v) is 4.58. The van der Waals surface area contributed by atoms with Gasteiger partial charge in [0.25, 0.3) is 0 Å². The fraction of sp³-hybridized carbons (Fsp3) is 0.500. The van der Waals surface area contributed by atoms with Crippen LogP contribution in [0.15, 0.2) is 48.5 Å². The van der Waals surface area contributed by atoms with Gasteiger partial charge in [-0.25, -0.2) is 0 Å². The third-order valence-electron chi connectivity index (χ3n) is 6.52. The summed E-state index contributed by atoms with van der Waals surface area (Å²) in [6.45, 7) is 7.30. The Balaban J connectivity index is 1.44. The van der Waals surface area contributed by atoms with Crippen LogP contribution in [0.25, 0.3) is 11.1 Å². The maximum absolute atomic E-state index is 2.60. The molecule has 2 nitrogen and oxygen atoms in total. The molecule has 2 aliphatic rings. The Hall–Kier alpha value is -1.64. The average molecular weight is 349 g/mol. The predicted molar refractivity (Wildman–Crippen MR) is 111 cm³/mol. The maximum Gasteiger partial charge on any atom is 0.0319 e. The molecule has 2 saturated heterocycles. The van der Waals surface area contributed by atoms with Crippen LogP contribution in [0.5, 0.6) is 0 Å². The van der Waals surface area contributed by atoms with Crippen LogP contribution in [0.3, 0.4) is 0 Å². The highest BCUT2D eigenvalue weighted by Gasteiger charge is 2.20. The summed E-state index contributed by atoms with van der Waals surface area (Å²) in [4.78, 5) is 5.04. The third-order valence-corrected chi connectivity index (χ3v) is 6.52. The van der Waals surface area contributed by atoms with Gasteiger partial charge >= 0.3 is 0 Å². The zero-order valence-corrected chi connectivity index (χ0v) is 16.3. The molecule has 0 N–H and O–H groups in total. The van der Waals surface area contributed by atoms with Gasteiger partial charge in [-0.05, 0) is 94.0 Å². The van der Waals surface area contributed by atoms with Gasteiger partial charge in [0.1, 0.15) is 0 Å². The van der Waals surface area contributed by atoms with Gasteiger partial charge < -0.3 is 4.90 Å². The van der Waals surface area contributed by atoms with Crippen molar-refractivity contribution in [3.8, 4) is 11.1 Å². The summed E-state index contributed by atoms with van der Waals surface area (Å²) in [6, 6.07) is 19.1. The Morgan fingerprint density at radius 3 is 1.88 bits per heavy atom. The van der Waals surface area contributed by atoms with Gasteiger partial charge in [0, 0.05) is 6.04 Å². The third kappa shape index (κ3) is 3.87. The second kappa shape index (κ2) is 7.94. The molecule has 138 valence electrons. The zero-order valence-electron chi connectivity index (χ0n) is 16.3. The normalized spacial score (nSPS) is 21.2. The number of benzene rings is 2. The number of nitrogens with zero attached hydrogens (tertiary/aromatic N) is 2. The van der Waals surface area contributed by atoms with Gasteiger partial charge in [0.05, 0.1) is 0 Å². The molecule has 2 aliphatic heterocycles. The minimum Gasteiger partial charge on any atom is -0.306 e. The smallest absolute Gasteiger partial charge is 0.0319 e. The lowest BCUT2D eigenvalue weighted by Gasteiger charge is -2.29. The van der Waals surface area contributed by atoms with Crippen LogP contribution in [0.4, 0.5) is 0 Å². The zero-order chi connectivity index (χ0) is 17.9. The van der Waals surface area contributed by atoms with Gasteiger partial charge in [0.2, 0.25) is 0 Å². The number of hydrogen-bond donors (Lipinski definition) is 0. The largest absolute Gasteiger partial charge is 0.306 e. The number of piperidine rings is 1. The molecule has 2 aromatic rings. The van der Waals surface area contributed by atoms with Crippen molar-refractivity contribution in [1.82, 2.24) is 9.80 Å². The van der Waals surface area contributed by atoms with Crippen molar-refractivity contribution in [2.45, 2.75) is 44.6 Å². The SMILES string of the molecule is CC(c1ccc(-c2ccc(C3CCN(C)CC3)cc2)cc1)N1CCCC1. The van der Waals surface area contributed by atoms with E-state index in [1.54, 1.807) is 0 Å². The first-order valence-corrected chi connectivity index (χ1v) is 10.3. The van der Waals surface area contributed by atoms with Gasteiger partial charge in [-0.2, -0.15) is 0 Å². The topological polar surface area (TPSA) is 6.48 Å². The molecule has 2 fully saturated rings. The first-order chi connectivity index (χ1) is 12.7.